The second-order valence-corrected chi connectivity index (χ2v) is 5.44. The fourth-order valence-electron chi connectivity index (χ4n) is 1.33. The van der Waals surface area contributed by atoms with Gasteiger partial charge in [0.25, 0.3) is 0 Å². The SMILES string of the molecule is CCOc1ccccc1OCCOCCS(N)(=O)=O. The number of rotatable bonds is 9. The molecule has 0 amide bonds. The van der Waals surface area contributed by atoms with E-state index in [2.05, 4.69) is 0 Å². The van der Waals surface area contributed by atoms with Gasteiger partial charge >= 0.3 is 0 Å². The lowest BCUT2D eigenvalue weighted by Crippen LogP contribution is -2.21. The van der Waals surface area contributed by atoms with Gasteiger partial charge in [0.1, 0.15) is 6.61 Å². The quantitative estimate of drug-likeness (QED) is 0.678. The molecule has 0 unspecified atom stereocenters. The molecule has 0 aliphatic carbocycles. The molecule has 19 heavy (non-hydrogen) atoms. The van der Waals surface area contributed by atoms with E-state index in [1.165, 1.54) is 0 Å². The summed E-state index contributed by atoms with van der Waals surface area (Å²) in [5.41, 5.74) is 0. The first-order chi connectivity index (χ1) is 9.03. The van der Waals surface area contributed by atoms with E-state index in [9.17, 15) is 8.42 Å². The van der Waals surface area contributed by atoms with Gasteiger partial charge in [0, 0.05) is 0 Å². The van der Waals surface area contributed by atoms with E-state index in [1.54, 1.807) is 6.07 Å². The van der Waals surface area contributed by atoms with Crippen molar-refractivity contribution in [3.63, 3.8) is 0 Å². The highest BCUT2D eigenvalue weighted by Gasteiger charge is 2.04. The zero-order chi connectivity index (χ0) is 14.1. The largest absolute Gasteiger partial charge is 0.490 e. The van der Waals surface area contributed by atoms with Crippen LogP contribution in [0, 0.1) is 0 Å². The third-order valence-electron chi connectivity index (χ3n) is 2.15. The summed E-state index contributed by atoms with van der Waals surface area (Å²) in [6.07, 6.45) is 0. The number of benzene rings is 1. The molecule has 0 fully saturated rings. The number of hydrogen-bond donors (Lipinski definition) is 1. The van der Waals surface area contributed by atoms with Crippen LogP contribution in [0.1, 0.15) is 6.92 Å². The van der Waals surface area contributed by atoms with E-state index in [0.29, 0.717) is 24.7 Å². The number of ether oxygens (including phenoxy) is 3. The number of sulfonamides is 1. The second-order valence-electron chi connectivity index (χ2n) is 3.71. The minimum atomic E-state index is -3.46. The molecule has 0 saturated heterocycles. The molecule has 0 aromatic heterocycles. The molecule has 108 valence electrons. The number of para-hydroxylation sites is 2. The Morgan fingerprint density at radius 2 is 1.68 bits per heavy atom. The highest BCUT2D eigenvalue weighted by molar-refractivity contribution is 7.89. The maximum atomic E-state index is 10.7. The summed E-state index contributed by atoms with van der Waals surface area (Å²) in [7, 11) is -3.46. The van der Waals surface area contributed by atoms with Crippen molar-refractivity contribution in [2.45, 2.75) is 6.92 Å². The van der Waals surface area contributed by atoms with Gasteiger partial charge in [0.05, 0.1) is 25.6 Å². The van der Waals surface area contributed by atoms with Crippen molar-refractivity contribution in [1.82, 2.24) is 0 Å². The van der Waals surface area contributed by atoms with Crippen LogP contribution in [-0.2, 0) is 14.8 Å². The van der Waals surface area contributed by atoms with Gasteiger partial charge < -0.3 is 14.2 Å². The first kappa shape index (κ1) is 15.7. The van der Waals surface area contributed by atoms with Crippen LogP contribution in [0.4, 0.5) is 0 Å². The fourth-order valence-corrected chi connectivity index (χ4v) is 1.68. The van der Waals surface area contributed by atoms with Gasteiger partial charge in [-0.2, -0.15) is 0 Å². The summed E-state index contributed by atoms with van der Waals surface area (Å²) in [6, 6.07) is 7.33. The fraction of sp³-hybridized carbons (Fsp3) is 0.500. The Hall–Kier alpha value is -1.31. The Bertz CT molecular complexity index is 475. The van der Waals surface area contributed by atoms with Crippen molar-refractivity contribution in [3.05, 3.63) is 24.3 Å². The monoisotopic (exact) mass is 289 g/mol. The van der Waals surface area contributed by atoms with E-state index in [-0.39, 0.29) is 19.0 Å². The minimum Gasteiger partial charge on any atom is -0.490 e. The van der Waals surface area contributed by atoms with E-state index >= 15 is 0 Å². The molecule has 0 bridgehead atoms. The van der Waals surface area contributed by atoms with Crippen molar-refractivity contribution in [3.8, 4) is 11.5 Å². The van der Waals surface area contributed by atoms with Crippen LogP contribution in [0.2, 0.25) is 0 Å². The van der Waals surface area contributed by atoms with Crippen molar-refractivity contribution < 1.29 is 22.6 Å². The van der Waals surface area contributed by atoms with Crippen LogP contribution >= 0.6 is 0 Å². The maximum Gasteiger partial charge on any atom is 0.211 e. The summed E-state index contributed by atoms with van der Waals surface area (Å²) in [5.74, 6) is 1.12. The van der Waals surface area contributed by atoms with Crippen LogP contribution in [-0.4, -0.2) is 40.6 Å². The summed E-state index contributed by atoms with van der Waals surface area (Å²) < 4.78 is 37.3. The first-order valence-electron chi connectivity index (χ1n) is 5.96. The predicted octanol–water partition coefficient (Wildman–Crippen LogP) is 0.769. The number of hydrogen-bond acceptors (Lipinski definition) is 5. The molecule has 6 nitrogen and oxygen atoms in total. The molecule has 0 spiro atoms. The zero-order valence-corrected chi connectivity index (χ0v) is 11.7. The van der Waals surface area contributed by atoms with Gasteiger partial charge in [-0.15, -0.1) is 0 Å². The average molecular weight is 289 g/mol. The van der Waals surface area contributed by atoms with Crippen LogP contribution in [0.25, 0.3) is 0 Å². The Labute approximate surface area is 113 Å². The van der Waals surface area contributed by atoms with Crippen LogP contribution in [0.3, 0.4) is 0 Å². The smallest absolute Gasteiger partial charge is 0.211 e. The lowest BCUT2D eigenvalue weighted by Gasteiger charge is -2.11. The molecule has 0 aliphatic heterocycles. The Morgan fingerprint density at radius 1 is 1.05 bits per heavy atom. The lowest BCUT2D eigenvalue weighted by atomic mass is 10.3. The molecule has 0 saturated carbocycles. The number of nitrogens with two attached hydrogens (primary N) is 1. The third kappa shape index (κ3) is 7.00. The molecule has 0 radical (unpaired) electrons. The predicted molar refractivity (Wildman–Crippen MR) is 71.9 cm³/mol. The van der Waals surface area contributed by atoms with Gasteiger partial charge in [-0.05, 0) is 19.1 Å². The summed E-state index contributed by atoms with van der Waals surface area (Å²) in [6.45, 7) is 3.12. The lowest BCUT2D eigenvalue weighted by molar-refractivity contribution is 0.109. The van der Waals surface area contributed by atoms with E-state index in [1.807, 2.05) is 25.1 Å². The Kier molecular flexibility index (Phi) is 6.61. The molecule has 1 aromatic rings. The summed E-state index contributed by atoms with van der Waals surface area (Å²) in [4.78, 5) is 0. The van der Waals surface area contributed by atoms with Crippen LogP contribution in [0.15, 0.2) is 24.3 Å². The molecule has 0 atom stereocenters. The molecular formula is C12H19NO5S. The van der Waals surface area contributed by atoms with Crippen molar-refractivity contribution in [2.75, 3.05) is 32.2 Å². The van der Waals surface area contributed by atoms with Gasteiger partial charge in [0.15, 0.2) is 11.5 Å². The normalized spacial score (nSPS) is 11.3. The first-order valence-corrected chi connectivity index (χ1v) is 7.67. The van der Waals surface area contributed by atoms with Gasteiger partial charge in [-0.1, -0.05) is 12.1 Å². The topological polar surface area (TPSA) is 87.8 Å². The molecule has 2 N–H and O–H groups in total. The molecule has 7 heteroatoms. The molecule has 0 heterocycles. The molecule has 1 rings (SSSR count). The summed E-state index contributed by atoms with van der Waals surface area (Å²) >= 11 is 0. The second kappa shape index (κ2) is 7.98. The van der Waals surface area contributed by atoms with Crippen molar-refractivity contribution in [1.29, 1.82) is 0 Å². The standard InChI is InChI=1S/C12H19NO5S/c1-2-17-11-5-3-4-6-12(11)18-8-7-16-9-10-19(13,14)15/h3-6H,2,7-10H2,1H3,(H2,13,14,15). The van der Waals surface area contributed by atoms with Crippen LogP contribution in [0.5, 0.6) is 11.5 Å². The van der Waals surface area contributed by atoms with Crippen molar-refractivity contribution in [2.24, 2.45) is 5.14 Å². The number of primary sulfonamides is 1. The third-order valence-corrected chi connectivity index (χ3v) is 2.88. The van der Waals surface area contributed by atoms with Crippen LogP contribution < -0.4 is 14.6 Å². The maximum absolute atomic E-state index is 10.7. The van der Waals surface area contributed by atoms with Gasteiger partial charge in [-0.25, -0.2) is 13.6 Å². The Balaban J connectivity index is 2.26. The average Bonchev–Trinajstić information content (AvgIpc) is 2.34. The molecule has 0 aliphatic rings. The molecule has 1 aromatic carbocycles. The summed E-state index contributed by atoms with van der Waals surface area (Å²) in [5, 5.41) is 4.84. The van der Waals surface area contributed by atoms with E-state index in [0.717, 1.165) is 0 Å². The zero-order valence-electron chi connectivity index (χ0n) is 10.9. The highest BCUT2D eigenvalue weighted by Crippen LogP contribution is 2.26. The highest BCUT2D eigenvalue weighted by atomic mass is 32.2. The van der Waals surface area contributed by atoms with Crippen molar-refractivity contribution >= 4 is 10.0 Å². The van der Waals surface area contributed by atoms with Gasteiger partial charge in [-0.3, -0.25) is 0 Å². The molecular weight excluding hydrogens is 270 g/mol. The van der Waals surface area contributed by atoms with Gasteiger partial charge in [0.2, 0.25) is 10.0 Å². The van der Waals surface area contributed by atoms with E-state index < -0.39 is 10.0 Å². The Morgan fingerprint density at radius 3 is 2.26 bits per heavy atom. The minimum absolute atomic E-state index is 0.0648. The van der Waals surface area contributed by atoms with E-state index in [4.69, 9.17) is 19.3 Å².